The Hall–Kier alpha value is -9.09. The number of hydrogen-bond donors (Lipinski definition) is 0. The summed E-state index contributed by atoms with van der Waals surface area (Å²) in [5, 5.41) is 1.45. The third kappa shape index (κ3) is 14.7. The number of ether oxygens (including phenoxy) is 1. The van der Waals surface area contributed by atoms with Crippen LogP contribution in [0, 0.1) is 22.9 Å². The highest BCUT2D eigenvalue weighted by atomic mass is 35.5. The highest BCUT2D eigenvalue weighted by molar-refractivity contribution is 6.84. The molecule has 2 aromatic carbocycles. The normalized spacial score (nSPS) is 16.6. The highest BCUT2D eigenvalue weighted by Gasteiger charge is 2.39. The number of ketones is 4. The van der Waals surface area contributed by atoms with Crippen LogP contribution in [0.2, 0.25) is 39.3 Å². The molecule has 500 valence electrons. The van der Waals surface area contributed by atoms with Crippen molar-refractivity contribution >= 4 is 124 Å². The Balaban J connectivity index is 0.000000181. The van der Waals surface area contributed by atoms with Crippen molar-refractivity contribution in [3.8, 4) is 22.9 Å². The fourth-order valence-electron chi connectivity index (χ4n) is 13.3. The van der Waals surface area contributed by atoms with Gasteiger partial charge in [0.1, 0.15) is 33.0 Å². The van der Waals surface area contributed by atoms with E-state index in [9.17, 15) is 33.6 Å². The van der Waals surface area contributed by atoms with Gasteiger partial charge in [-0.25, -0.2) is 19.6 Å². The molecule has 0 bridgehead atoms. The van der Waals surface area contributed by atoms with E-state index in [1.807, 2.05) is 113 Å². The number of amides is 4. The van der Waals surface area contributed by atoms with E-state index in [0.29, 0.717) is 84.2 Å². The van der Waals surface area contributed by atoms with E-state index in [0.717, 1.165) is 107 Å². The lowest BCUT2D eigenvalue weighted by Crippen LogP contribution is -2.45. The molecule has 2 fully saturated rings. The maximum atomic E-state index is 13.6. The Labute approximate surface area is 569 Å². The van der Waals surface area contributed by atoms with Gasteiger partial charge < -0.3 is 33.5 Å². The minimum absolute atomic E-state index is 0. The van der Waals surface area contributed by atoms with E-state index in [-0.39, 0.29) is 68.3 Å². The Bertz CT molecular complexity index is 4660. The number of nitrogens with zero attached hydrogens (tertiary/aromatic N) is 10. The monoisotopic (exact) mass is 1350 g/mol. The van der Waals surface area contributed by atoms with Crippen LogP contribution in [0.3, 0.4) is 0 Å². The zero-order chi connectivity index (χ0) is 66.5. The quantitative estimate of drug-likeness (QED) is 0.0539. The number of hydrogen-bond acceptors (Lipinski definition) is 10. The number of pyridine rings is 2. The fourth-order valence-corrected chi connectivity index (χ4v) is 14.5. The van der Waals surface area contributed by atoms with E-state index >= 15 is 0 Å². The molecule has 18 nitrogen and oxygen atoms in total. The van der Waals surface area contributed by atoms with E-state index in [2.05, 4.69) is 93.4 Å². The van der Waals surface area contributed by atoms with Gasteiger partial charge in [0.05, 0.1) is 65.3 Å². The summed E-state index contributed by atoms with van der Waals surface area (Å²) in [6.07, 6.45) is 17.1. The van der Waals surface area contributed by atoms with Crippen LogP contribution in [-0.4, -0.2) is 149 Å². The summed E-state index contributed by atoms with van der Waals surface area (Å²) in [6, 6.07) is 19.6. The molecule has 2 aliphatic carbocycles. The lowest BCUT2D eigenvalue weighted by atomic mass is 9.96. The second kappa shape index (κ2) is 27.9. The number of urea groups is 1. The zero-order valence-electron chi connectivity index (χ0n) is 55.1. The van der Waals surface area contributed by atoms with Gasteiger partial charge in [-0.05, 0) is 131 Å². The van der Waals surface area contributed by atoms with Crippen LogP contribution in [0.1, 0.15) is 132 Å². The standard InChI is InChI=1S/C34H35N5O3Si.C33H34N4O4Si.C6H10ClNO.2CH4/c1-43(2,3)16-10-23-17-24-21-38(34(42)36-11-6-4-7-12-36)15-14-37-22-26(25(18-23)33(24)37)31-28(40)19-29(41)32(31)27-20-35-30-9-5-8-13-39(27)30;1-33(2,3)41-32(40)36-13-12-35-20-24(23-16-21(10-14-42(4,5)6)15-22(19-36)31(23)35)29-26(38)17-27(39)30(29)25-18-34-28-9-7-8-11-37(25)28;7-6(9)8-4-2-1-3-5-8;;/h5,8-9,13,17-18,20,22H,4,6-7,11-12,14-15,19,21H2,1-3H3;7-9,11,15-16,18,20H,12-13,17,19H2,1-6H3;1-5H2;2*1H4. The number of carbonyl (C=O) groups is 7. The number of piperidine rings is 2. The van der Waals surface area contributed by atoms with Crippen molar-refractivity contribution in [1.82, 2.24) is 47.5 Å². The predicted molar refractivity (Wildman–Crippen MR) is 386 cm³/mol. The van der Waals surface area contributed by atoms with Crippen LogP contribution in [0.4, 0.5) is 14.4 Å². The fraction of sp³-hybridized carbons (Fsp3) is 0.400. The van der Waals surface area contributed by atoms with Gasteiger partial charge in [-0.3, -0.25) is 32.8 Å². The molecular formula is C75H87ClN10O8Si2. The molecule has 96 heavy (non-hydrogen) atoms. The summed E-state index contributed by atoms with van der Waals surface area (Å²) in [5.41, 5.74) is 17.7. The minimum atomic E-state index is -1.69. The van der Waals surface area contributed by atoms with Crippen molar-refractivity contribution in [3.05, 3.63) is 143 Å². The second-order valence-electron chi connectivity index (χ2n) is 28.2. The third-order valence-corrected chi connectivity index (χ3v) is 19.5. The van der Waals surface area contributed by atoms with Crippen molar-refractivity contribution in [3.63, 3.8) is 0 Å². The first-order valence-corrected chi connectivity index (χ1v) is 40.0. The van der Waals surface area contributed by atoms with Crippen molar-refractivity contribution < 1.29 is 38.3 Å². The number of halogens is 1. The first-order valence-electron chi connectivity index (χ1n) is 32.6. The number of benzene rings is 2. The minimum Gasteiger partial charge on any atom is -0.444 e. The van der Waals surface area contributed by atoms with Crippen LogP contribution in [0.15, 0.2) is 97.8 Å². The van der Waals surface area contributed by atoms with E-state index in [1.54, 1.807) is 22.2 Å². The topological polar surface area (TPSA) is 186 Å². The van der Waals surface area contributed by atoms with Gasteiger partial charge in [0, 0.05) is 128 Å². The SMILES string of the molecule is C.C.CC(C)(C)OC(=O)N1CCn2cc(C3=C(c4cnc5ccccn45)C(=O)CC3=O)c3cc(C#C[Si](C)(C)C)cc(c32)C1.C[Si](C)(C)C#Cc1cc2c3c(c1)c(C1=C(c4cnc5ccccn45)C(=O)CC1=O)cn3CCN(C(=O)N1CCCCC1)C2.O=C(Cl)N1CCCCC1. The molecule has 8 aromatic rings. The molecule has 0 radical (unpaired) electrons. The molecule has 21 heteroatoms. The zero-order valence-corrected chi connectivity index (χ0v) is 57.8. The van der Waals surface area contributed by atoms with Gasteiger partial charge in [-0.15, -0.1) is 11.1 Å². The van der Waals surface area contributed by atoms with Gasteiger partial charge >= 0.3 is 17.5 Å². The third-order valence-electron chi connectivity index (χ3n) is 17.5. The first-order chi connectivity index (χ1) is 44.8. The van der Waals surface area contributed by atoms with Gasteiger partial charge in [-0.1, -0.05) is 78.1 Å². The highest BCUT2D eigenvalue weighted by Crippen LogP contribution is 2.43. The van der Waals surface area contributed by atoms with Crippen LogP contribution < -0.4 is 0 Å². The summed E-state index contributed by atoms with van der Waals surface area (Å²) in [5.74, 6) is 6.02. The summed E-state index contributed by atoms with van der Waals surface area (Å²) in [4.78, 5) is 107. The van der Waals surface area contributed by atoms with Crippen LogP contribution in [0.25, 0.3) is 55.4 Å². The van der Waals surface area contributed by atoms with Gasteiger partial charge in [0.25, 0.3) is 0 Å². The Kier molecular flexibility index (Phi) is 20.3. The van der Waals surface area contributed by atoms with Crippen molar-refractivity contribution in [1.29, 1.82) is 0 Å². The maximum Gasteiger partial charge on any atom is 0.410 e. The number of allylic oxidation sites excluding steroid dienone is 4. The summed E-state index contributed by atoms with van der Waals surface area (Å²) < 4.78 is 13.7. The molecule has 10 heterocycles. The average molecular weight is 1350 g/mol. The molecule has 4 aliphatic heterocycles. The van der Waals surface area contributed by atoms with E-state index < -0.39 is 21.7 Å². The summed E-state index contributed by atoms with van der Waals surface area (Å²) in [7, 11) is -3.35. The maximum absolute atomic E-state index is 13.6. The summed E-state index contributed by atoms with van der Waals surface area (Å²) in [6.45, 7) is 25.0. The molecule has 6 aromatic heterocycles. The van der Waals surface area contributed by atoms with Gasteiger partial charge in [-0.2, -0.15) is 0 Å². The molecule has 4 amide bonds. The van der Waals surface area contributed by atoms with Gasteiger partial charge in [0.2, 0.25) is 0 Å². The average Bonchev–Trinajstić information content (AvgIpc) is 1.58. The molecule has 14 rings (SSSR count). The number of likely N-dealkylation sites (tertiary alicyclic amines) is 2. The van der Waals surface area contributed by atoms with Crippen molar-refractivity contribution in [2.45, 2.75) is 158 Å². The molecule has 0 spiro atoms. The number of imidazole rings is 2. The smallest absolute Gasteiger partial charge is 0.410 e. The second-order valence-corrected chi connectivity index (χ2v) is 38.0. The van der Waals surface area contributed by atoms with E-state index in [1.165, 1.54) is 12.8 Å². The molecule has 2 saturated heterocycles. The van der Waals surface area contributed by atoms with E-state index in [4.69, 9.17) is 16.3 Å². The van der Waals surface area contributed by atoms with Crippen LogP contribution in [-0.2, 0) is 50.1 Å². The van der Waals surface area contributed by atoms with Crippen molar-refractivity contribution in [2.75, 3.05) is 39.3 Å². The predicted octanol–water partition coefficient (Wildman–Crippen LogP) is 14.2. The van der Waals surface area contributed by atoms with Crippen molar-refractivity contribution in [2.24, 2.45) is 0 Å². The number of carbonyl (C=O) groups excluding carboxylic acids is 7. The number of rotatable bonds is 4. The molecule has 0 N–H and O–H groups in total. The Morgan fingerprint density at radius 2 is 0.938 bits per heavy atom. The first kappa shape index (κ1) is 69.7. The number of Topliss-reactive ketones (excluding diaryl/α,β-unsaturated/α-hetero) is 4. The largest absolute Gasteiger partial charge is 0.444 e. The molecular weight excluding hydrogens is 1260 g/mol. The Morgan fingerprint density at radius 3 is 1.35 bits per heavy atom. The lowest BCUT2D eigenvalue weighted by Gasteiger charge is -2.32. The summed E-state index contributed by atoms with van der Waals surface area (Å²) >= 11 is 5.24. The molecule has 6 aliphatic rings. The number of fused-ring (bicyclic) bond motifs is 2. The molecule has 0 atom stereocenters. The lowest BCUT2D eigenvalue weighted by molar-refractivity contribution is -0.121. The number of aromatic nitrogens is 6. The molecule has 0 unspecified atom stereocenters. The van der Waals surface area contributed by atoms with Crippen LogP contribution in [0.5, 0.6) is 0 Å². The molecule has 0 saturated carbocycles. The Morgan fingerprint density at radius 1 is 0.521 bits per heavy atom. The van der Waals surface area contributed by atoms with Crippen LogP contribution >= 0.6 is 11.6 Å². The van der Waals surface area contributed by atoms with Gasteiger partial charge in [0.15, 0.2) is 23.1 Å².